The van der Waals surface area contributed by atoms with Gasteiger partial charge in [0.1, 0.15) is 5.60 Å². The highest BCUT2D eigenvalue weighted by atomic mass is 32.2. The fraction of sp³-hybridized carbons (Fsp3) is 0.917. The van der Waals surface area contributed by atoms with Gasteiger partial charge in [-0.25, -0.2) is 4.79 Å². The number of nitrogens with zero attached hydrogens (tertiary/aromatic N) is 1. The molecule has 0 saturated carbocycles. The Hall–Kier alpha value is -0.820. The van der Waals surface area contributed by atoms with Crippen molar-refractivity contribution < 1.29 is 22.1 Å². The van der Waals surface area contributed by atoms with Crippen LogP contribution in [0.15, 0.2) is 0 Å². The molecule has 0 fully saturated rings. The Morgan fingerprint density at radius 1 is 1.32 bits per heavy atom. The summed E-state index contributed by atoms with van der Waals surface area (Å²) in [6, 6.07) is 0. The lowest BCUT2D eigenvalue weighted by Crippen LogP contribution is -2.35. The normalized spacial score (nSPS) is 14.0. The third-order valence-electron chi connectivity index (χ3n) is 2.15. The predicted molar refractivity (Wildman–Crippen MR) is 73.5 cm³/mol. The molecule has 0 aromatic carbocycles. The molecule has 1 amide bonds. The molecule has 0 radical (unpaired) electrons. The summed E-state index contributed by atoms with van der Waals surface area (Å²) in [7, 11) is -1.77. The monoisotopic (exact) mass is 295 g/mol. The molecule has 1 atom stereocenters. The van der Waals surface area contributed by atoms with Gasteiger partial charge in [0.15, 0.2) is 0 Å². The molecule has 0 rings (SSSR count). The van der Waals surface area contributed by atoms with Crippen molar-refractivity contribution in [1.29, 1.82) is 0 Å². The fourth-order valence-corrected chi connectivity index (χ4v) is 2.09. The van der Waals surface area contributed by atoms with Gasteiger partial charge in [0.2, 0.25) is 0 Å². The summed E-state index contributed by atoms with van der Waals surface area (Å²) < 4.78 is 31.8. The Morgan fingerprint density at radius 3 is 2.26 bits per heavy atom. The Labute approximate surface area is 116 Å². The minimum absolute atomic E-state index is 0.385. The number of rotatable bonds is 6. The van der Waals surface area contributed by atoms with Crippen molar-refractivity contribution in [3.8, 4) is 0 Å². The SMILES string of the molecule is CC(CCCN(C)C(=O)OC(C)(C)C)OS(C)(=O)=O. The van der Waals surface area contributed by atoms with E-state index in [1.165, 1.54) is 4.90 Å². The molecule has 0 bridgehead atoms. The van der Waals surface area contributed by atoms with Crippen LogP contribution in [0.25, 0.3) is 0 Å². The van der Waals surface area contributed by atoms with Crippen LogP contribution in [-0.2, 0) is 19.0 Å². The van der Waals surface area contributed by atoms with Crippen molar-refractivity contribution in [2.45, 2.75) is 52.2 Å². The van der Waals surface area contributed by atoms with Gasteiger partial charge in [0.05, 0.1) is 12.4 Å². The second-order valence-corrected chi connectivity index (χ2v) is 7.26. The molecule has 7 heteroatoms. The first-order chi connectivity index (χ1) is 8.41. The molecule has 1 unspecified atom stereocenters. The van der Waals surface area contributed by atoms with Crippen LogP contribution >= 0.6 is 0 Å². The predicted octanol–water partition coefficient (Wildman–Crippen LogP) is 2.00. The molecular formula is C12H25NO5S. The Kier molecular flexibility index (Phi) is 6.79. The van der Waals surface area contributed by atoms with Gasteiger partial charge in [-0.05, 0) is 40.5 Å². The summed E-state index contributed by atoms with van der Waals surface area (Å²) >= 11 is 0. The average Bonchev–Trinajstić information content (AvgIpc) is 2.11. The van der Waals surface area contributed by atoms with Crippen LogP contribution in [-0.4, -0.2) is 51.0 Å². The number of hydrogen-bond donors (Lipinski definition) is 0. The van der Waals surface area contributed by atoms with Gasteiger partial charge in [0, 0.05) is 13.6 Å². The first-order valence-electron chi connectivity index (χ1n) is 6.23. The highest BCUT2D eigenvalue weighted by Crippen LogP contribution is 2.10. The summed E-state index contributed by atoms with van der Waals surface area (Å²) in [4.78, 5) is 13.1. The first-order valence-corrected chi connectivity index (χ1v) is 8.05. The van der Waals surface area contributed by atoms with Crippen molar-refractivity contribution in [3.05, 3.63) is 0 Å². The molecule has 0 heterocycles. The van der Waals surface area contributed by atoms with E-state index < -0.39 is 15.7 Å². The smallest absolute Gasteiger partial charge is 0.410 e. The third-order valence-corrected chi connectivity index (χ3v) is 2.83. The summed E-state index contributed by atoms with van der Waals surface area (Å²) in [6.07, 6.45) is 1.45. The number of amides is 1. The highest BCUT2D eigenvalue weighted by molar-refractivity contribution is 7.86. The van der Waals surface area contributed by atoms with Crippen molar-refractivity contribution in [2.24, 2.45) is 0 Å². The Balaban J connectivity index is 3.98. The second-order valence-electron chi connectivity index (χ2n) is 5.66. The lowest BCUT2D eigenvalue weighted by molar-refractivity contribution is 0.0291. The maximum Gasteiger partial charge on any atom is 0.410 e. The molecular weight excluding hydrogens is 270 g/mol. The molecule has 0 saturated heterocycles. The van der Waals surface area contributed by atoms with Crippen LogP contribution in [0.5, 0.6) is 0 Å². The van der Waals surface area contributed by atoms with Crippen molar-refractivity contribution in [3.63, 3.8) is 0 Å². The molecule has 6 nitrogen and oxygen atoms in total. The van der Waals surface area contributed by atoms with E-state index in [1.807, 2.05) is 0 Å². The lowest BCUT2D eigenvalue weighted by Gasteiger charge is -2.24. The molecule has 0 aliphatic heterocycles. The quantitative estimate of drug-likeness (QED) is 0.701. The van der Waals surface area contributed by atoms with E-state index in [9.17, 15) is 13.2 Å². The van der Waals surface area contributed by atoms with Gasteiger partial charge in [-0.3, -0.25) is 4.18 Å². The molecule has 0 spiro atoms. The molecule has 114 valence electrons. The van der Waals surface area contributed by atoms with Crippen LogP contribution in [0.3, 0.4) is 0 Å². The van der Waals surface area contributed by atoms with Crippen LogP contribution in [0.1, 0.15) is 40.5 Å². The van der Waals surface area contributed by atoms with E-state index in [4.69, 9.17) is 8.92 Å². The molecule has 0 aromatic rings. The van der Waals surface area contributed by atoms with Gasteiger partial charge < -0.3 is 9.64 Å². The Morgan fingerprint density at radius 2 is 1.84 bits per heavy atom. The number of hydrogen-bond acceptors (Lipinski definition) is 5. The van der Waals surface area contributed by atoms with E-state index in [1.54, 1.807) is 34.7 Å². The van der Waals surface area contributed by atoms with E-state index in [0.717, 1.165) is 6.26 Å². The maximum atomic E-state index is 11.6. The highest BCUT2D eigenvalue weighted by Gasteiger charge is 2.19. The van der Waals surface area contributed by atoms with Gasteiger partial charge >= 0.3 is 6.09 Å². The molecule has 0 aliphatic carbocycles. The fourth-order valence-electron chi connectivity index (χ4n) is 1.39. The summed E-state index contributed by atoms with van der Waals surface area (Å²) in [5.74, 6) is 0. The largest absolute Gasteiger partial charge is 0.444 e. The minimum Gasteiger partial charge on any atom is -0.444 e. The van der Waals surface area contributed by atoms with Crippen LogP contribution in [0.2, 0.25) is 0 Å². The Bertz CT molecular complexity index is 385. The standard InChI is InChI=1S/C12H25NO5S/c1-10(18-19(6,15)16)8-7-9-13(5)11(14)17-12(2,3)4/h10H,7-9H2,1-6H3. The van der Waals surface area contributed by atoms with Crippen LogP contribution in [0, 0.1) is 0 Å². The first kappa shape index (κ1) is 18.2. The third kappa shape index (κ3) is 10.8. The number of carbonyl (C=O) groups excluding carboxylic acids is 1. The van der Waals surface area contributed by atoms with Gasteiger partial charge in [-0.15, -0.1) is 0 Å². The molecule has 19 heavy (non-hydrogen) atoms. The van der Waals surface area contributed by atoms with Gasteiger partial charge in [-0.1, -0.05) is 0 Å². The zero-order valence-corrected chi connectivity index (χ0v) is 13.4. The zero-order chi connectivity index (χ0) is 15.3. The molecule has 0 aliphatic rings. The number of ether oxygens (including phenoxy) is 1. The van der Waals surface area contributed by atoms with Gasteiger partial charge in [-0.2, -0.15) is 8.42 Å². The van der Waals surface area contributed by atoms with Crippen molar-refractivity contribution >= 4 is 16.2 Å². The molecule has 0 aromatic heterocycles. The minimum atomic E-state index is -3.42. The van der Waals surface area contributed by atoms with E-state index >= 15 is 0 Å². The van der Waals surface area contributed by atoms with Crippen molar-refractivity contribution in [1.82, 2.24) is 4.90 Å². The van der Waals surface area contributed by atoms with Crippen LogP contribution in [0.4, 0.5) is 4.79 Å². The zero-order valence-electron chi connectivity index (χ0n) is 12.6. The second kappa shape index (κ2) is 7.09. The summed E-state index contributed by atoms with van der Waals surface area (Å²) in [5.41, 5.74) is -0.516. The lowest BCUT2D eigenvalue weighted by atomic mass is 10.2. The average molecular weight is 295 g/mol. The maximum absolute atomic E-state index is 11.6. The van der Waals surface area contributed by atoms with Gasteiger partial charge in [0.25, 0.3) is 10.1 Å². The van der Waals surface area contributed by atoms with E-state index in [-0.39, 0.29) is 12.2 Å². The van der Waals surface area contributed by atoms with E-state index in [0.29, 0.717) is 19.4 Å². The number of carbonyl (C=O) groups is 1. The van der Waals surface area contributed by atoms with E-state index in [2.05, 4.69) is 0 Å². The summed E-state index contributed by atoms with van der Waals surface area (Å²) in [5, 5.41) is 0. The summed E-state index contributed by atoms with van der Waals surface area (Å²) in [6.45, 7) is 7.60. The van der Waals surface area contributed by atoms with Crippen molar-refractivity contribution in [2.75, 3.05) is 19.8 Å². The van der Waals surface area contributed by atoms with Crippen LogP contribution < -0.4 is 0 Å². The topological polar surface area (TPSA) is 72.9 Å². The molecule has 0 N–H and O–H groups in total.